The number of benzene rings is 1. The molecule has 2 heterocycles. The summed E-state index contributed by atoms with van der Waals surface area (Å²) < 4.78 is 0. The Morgan fingerprint density at radius 1 is 1.27 bits per heavy atom. The summed E-state index contributed by atoms with van der Waals surface area (Å²) in [4.78, 5) is 7.67. The zero-order valence-electron chi connectivity index (χ0n) is 12.6. The Labute approximate surface area is 139 Å². The summed E-state index contributed by atoms with van der Waals surface area (Å²) in [5.41, 5.74) is 5.21. The van der Waals surface area contributed by atoms with E-state index in [2.05, 4.69) is 20.4 Å². The molecule has 0 radical (unpaired) electrons. The average Bonchev–Trinajstić information content (AvgIpc) is 2.91. The molecule has 0 aliphatic carbocycles. The van der Waals surface area contributed by atoms with Crippen LogP contribution in [-0.4, -0.2) is 24.3 Å². The molecule has 1 fully saturated rings. The zero-order chi connectivity index (χ0) is 15.4. The molecule has 1 saturated heterocycles. The normalized spacial score (nSPS) is 15.5. The molecule has 0 unspecified atom stereocenters. The molecule has 0 saturated carbocycles. The Bertz CT molecular complexity index is 662. The van der Waals surface area contributed by atoms with Gasteiger partial charge in [0.15, 0.2) is 10.3 Å². The van der Waals surface area contributed by atoms with Crippen LogP contribution in [-0.2, 0) is 0 Å². The van der Waals surface area contributed by atoms with Crippen LogP contribution in [0, 0.1) is 6.92 Å². The lowest BCUT2D eigenvalue weighted by Gasteiger charge is -2.25. The van der Waals surface area contributed by atoms with Gasteiger partial charge in [0.2, 0.25) is 0 Å². The minimum atomic E-state index is 0.529. The maximum Gasteiger partial charge on any atom is 0.187 e. The van der Waals surface area contributed by atoms with Gasteiger partial charge in [0, 0.05) is 13.1 Å². The first-order valence-electron chi connectivity index (χ1n) is 7.50. The molecule has 1 aliphatic heterocycles. The van der Waals surface area contributed by atoms with Gasteiger partial charge in [0.1, 0.15) is 0 Å². The molecular formula is C16H19ClN4S. The fourth-order valence-electron chi connectivity index (χ4n) is 2.46. The number of piperidine rings is 1. The van der Waals surface area contributed by atoms with E-state index in [1.54, 1.807) is 17.6 Å². The van der Waals surface area contributed by atoms with Crippen molar-refractivity contribution in [3.8, 4) is 0 Å². The summed E-state index contributed by atoms with van der Waals surface area (Å²) in [6.45, 7) is 4.19. The van der Waals surface area contributed by atoms with E-state index >= 15 is 0 Å². The van der Waals surface area contributed by atoms with Crippen molar-refractivity contribution in [2.45, 2.75) is 26.2 Å². The topological polar surface area (TPSA) is 40.5 Å². The summed E-state index contributed by atoms with van der Waals surface area (Å²) in [5.74, 6) is 0. The lowest BCUT2D eigenvalue weighted by Crippen LogP contribution is -2.29. The van der Waals surface area contributed by atoms with E-state index < -0.39 is 0 Å². The number of aromatic nitrogens is 1. The van der Waals surface area contributed by atoms with Crippen molar-refractivity contribution in [3.05, 3.63) is 39.9 Å². The van der Waals surface area contributed by atoms with Crippen LogP contribution in [0.1, 0.15) is 29.7 Å². The molecule has 22 heavy (non-hydrogen) atoms. The smallest absolute Gasteiger partial charge is 0.187 e. The molecule has 6 heteroatoms. The van der Waals surface area contributed by atoms with Gasteiger partial charge in [-0.15, -0.1) is 0 Å². The van der Waals surface area contributed by atoms with E-state index in [0.717, 1.165) is 34.3 Å². The molecule has 116 valence electrons. The summed E-state index contributed by atoms with van der Waals surface area (Å²) in [6, 6.07) is 8.04. The fraction of sp³-hybridized carbons (Fsp3) is 0.375. The van der Waals surface area contributed by atoms with Crippen molar-refractivity contribution < 1.29 is 0 Å². The van der Waals surface area contributed by atoms with Crippen molar-refractivity contribution >= 4 is 40.0 Å². The molecule has 0 spiro atoms. The molecule has 4 nitrogen and oxygen atoms in total. The Hall–Kier alpha value is -1.59. The van der Waals surface area contributed by atoms with E-state index in [1.807, 2.05) is 31.2 Å². The van der Waals surface area contributed by atoms with Crippen LogP contribution in [0.4, 0.5) is 10.8 Å². The van der Waals surface area contributed by atoms with Gasteiger partial charge < -0.3 is 4.90 Å². The molecule has 3 rings (SSSR count). The third-order valence-corrected chi connectivity index (χ3v) is 5.19. The second kappa shape index (κ2) is 7.11. The van der Waals surface area contributed by atoms with E-state index in [4.69, 9.17) is 11.6 Å². The van der Waals surface area contributed by atoms with Crippen LogP contribution in [0.2, 0.25) is 5.15 Å². The highest BCUT2D eigenvalue weighted by atomic mass is 35.5. The summed E-state index contributed by atoms with van der Waals surface area (Å²) in [7, 11) is 0. The Morgan fingerprint density at radius 2 is 2.05 bits per heavy atom. The predicted octanol–water partition coefficient (Wildman–Crippen LogP) is 4.54. The van der Waals surface area contributed by atoms with Crippen LogP contribution in [0.5, 0.6) is 0 Å². The van der Waals surface area contributed by atoms with Crippen molar-refractivity contribution in [2.24, 2.45) is 5.10 Å². The highest BCUT2D eigenvalue weighted by Crippen LogP contribution is 2.30. The Balaban J connectivity index is 1.68. The third kappa shape index (κ3) is 3.59. The van der Waals surface area contributed by atoms with Crippen LogP contribution < -0.4 is 10.3 Å². The number of aryl methyl sites for hydroxylation is 1. The van der Waals surface area contributed by atoms with Crippen molar-refractivity contribution in [1.29, 1.82) is 0 Å². The van der Waals surface area contributed by atoms with E-state index in [-0.39, 0.29) is 0 Å². The number of nitrogens with zero attached hydrogens (tertiary/aromatic N) is 3. The SMILES string of the molecule is Cc1ccccc1N/N=C\c1sc(N2CCCCC2)nc1Cl. The quantitative estimate of drug-likeness (QED) is 0.659. The Morgan fingerprint density at radius 3 is 2.82 bits per heavy atom. The molecule has 1 aromatic carbocycles. The zero-order valence-corrected chi connectivity index (χ0v) is 14.1. The second-order valence-electron chi connectivity index (χ2n) is 5.38. The Kier molecular flexibility index (Phi) is 4.95. The molecule has 1 aromatic heterocycles. The summed E-state index contributed by atoms with van der Waals surface area (Å²) in [6.07, 6.45) is 5.52. The number of halogens is 1. The highest BCUT2D eigenvalue weighted by Gasteiger charge is 2.16. The van der Waals surface area contributed by atoms with E-state index in [1.165, 1.54) is 19.3 Å². The maximum absolute atomic E-state index is 6.23. The first-order valence-corrected chi connectivity index (χ1v) is 8.69. The molecule has 2 aromatic rings. The van der Waals surface area contributed by atoms with Gasteiger partial charge in [-0.25, -0.2) is 4.98 Å². The number of para-hydroxylation sites is 1. The van der Waals surface area contributed by atoms with E-state index in [9.17, 15) is 0 Å². The van der Waals surface area contributed by atoms with Crippen molar-refractivity contribution in [2.75, 3.05) is 23.4 Å². The second-order valence-corrected chi connectivity index (χ2v) is 6.75. The van der Waals surface area contributed by atoms with Crippen LogP contribution in [0.25, 0.3) is 0 Å². The number of rotatable bonds is 4. The number of anilines is 2. The summed E-state index contributed by atoms with van der Waals surface area (Å²) in [5, 5.41) is 5.81. The minimum absolute atomic E-state index is 0.529. The van der Waals surface area contributed by atoms with Gasteiger partial charge in [0.25, 0.3) is 0 Å². The van der Waals surface area contributed by atoms with Gasteiger partial charge >= 0.3 is 0 Å². The molecule has 1 N–H and O–H groups in total. The first kappa shape index (κ1) is 15.3. The fourth-order valence-corrected chi connectivity index (χ4v) is 3.64. The van der Waals surface area contributed by atoms with Gasteiger partial charge in [0.05, 0.1) is 16.8 Å². The predicted molar refractivity (Wildman–Crippen MR) is 95.6 cm³/mol. The van der Waals surface area contributed by atoms with Crippen molar-refractivity contribution in [3.63, 3.8) is 0 Å². The molecule has 1 aliphatic rings. The summed E-state index contributed by atoms with van der Waals surface area (Å²) >= 11 is 7.83. The molecular weight excluding hydrogens is 316 g/mol. The first-order chi connectivity index (χ1) is 10.7. The van der Waals surface area contributed by atoms with Crippen LogP contribution in [0.3, 0.4) is 0 Å². The standard InChI is InChI=1S/C16H19ClN4S/c1-12-7-3-4-8-13(12)20-18-11-14-15(17)19-16(22-14)21-9-5-2-6-10-21/h3-4,7-8,11,20H,2,5-6,9-10H2,1H3/b18-11-. The molecule has 0 bridgehead atoms. The average molecular weight is 335 g/mol. The van der Waals surface area contributed by atoms with Crippen LogP contribution in [0.15, 0.2) is 29.4 Å². The van der Waals surface area contributed by atoms with Crippen molar-refractivity contribution in [1.82, 2.24) is 4.98 Å². The van der Waals surface area contributed by atoms with Gasteiger partial charge in [-0.3, -0.25) is 5.43 Å². The van der Waals surface area contributed by atoms with E-state index in [0.29, 0.717) is 5.15 Å². The number of hydrogen-bond donors (Lipinski definition) is 1. The lowest BCUT2D eigenvalue weighted by atomic mass is 10.1. The lowest BCUT2D eigenvalue weighted by molar-refractivity contribution is 0.577. The number of hydrogen-bond acceptors (Lipinski definition) is 5. The third-order valence-electron chi connectivity index (χ3n) is 3.74. The molecule has 0 amide bonds. The van der Waals surface area contributed by atoms with Gasteiger partial charge in [-0.2, -0.15) is 5.10 Å². The molecule has 0 atom stereocenters. The van der Waals surface area contributed by atoms with Gasteiger partial charge in [-0.05, 0) is 37.8 Å². The highest BCUT2D eigenvalue weighted by molar-refractivity contribution is 7.17. The van der Waals surface area contributed by atoms with Gasteiger partial charge in [-0.1, -0.05) is 41.1 Å². The maximum atomic E-state index is 6.23. The number of thiazole rings is 1. The number of hydrazone groups is 1. The minimum Gasteiger partial charge on any atom is -0.348 e. The monoisotopic (exact) mass is 334 g/mol. The van der Waals surface area contributed by atoms with Crippen LogP contribution >= 0.6 is 22.9 Å². The largest absolute Gasteiger partial charge is 0.348 e. The number of nitrogens with one attached hydrogen (secondary N) is 1.